The summed E-state index contributed by atoms with van der Waals surface area (Å²) in [5.74, 6) is 0.0884. The average Bonchev–Trinajstić information content (AvgIpc) is 2.48. The molecule has 0 aliphatic carbocycles. The van der Waals surface area contributed by atoms with E-state index in [1.807, 2.05) is 0 Å². The van der Waals surface area contributed by atoms with E-state index in [1.54, 1.807) is 17.0 Å². The summed E-state index contributed by atoms with van der Waals surface area (Å²) in [4.78, 5) is 25.5. The molecule has 1 fully saturated rings. The van der Waals surface area contributed by atoms with Gasteiger partial charge >= 0.3 is 0 Å². The van der Waals surface area contributed by atoms with E-state index < -0.39 is 0 Å². The predicted molar refractivity (Wildman–Crippen MR) is 78.1 cm³/mol. The highest BCUT2D eigenvalue weighted by atomic mass is 19.1. The van der Waals surface area contributed by atoms with E-state index in [4.69, 9.17) is 0 Å². The first-order valence-corrected chi connectivity index (χ1v) is 7.33. The number of amides is 2. The minimum atomic E-state index is -0.325. The van der Waals surface area contributed by atoms with Crippen molar-refractivity contribution in [2.45, 2.75) is 26.2 Å². The molecular formula is C16H21FN2O2. The Kier molecular flexibility index (Phi) is 5.31. The second kappa shape index (κ2) is 7.20. The van der Waals surface area contributed by atoms with Crippen LogP contribution in [-0.2, 0) is 16.0 Å². The second-order valence-electron chi connectivity index (χ2n) is 5.64. The first-order valence-electron chi connectivity index (χ1n) is 7.33. The van der Waals surface area contributed by atoms with Gasteiger partial charge in [0, 0.05) is 13.1 Å². The van der Waals surface area contributed by atoms with Crippen molar-refractivity contribution in [3.05, 3.63) is 35.6 Å². The zero-order valence-electron chi connectivity index (χ0n) is 12.3. The number of benzene rings is 1. The fourth-order valence-electron chi connectivity index (χ4n) is 2.39. The first kappa shape index (κ1) is 15.5. The molecule has 1 aromatic rings. The van der Waals surface area contributed by atoms with Crippen LogP contribution in [0.25, 0.3) is 0 Å². The van der Waals surface area contributed by atoms with Crippen LogP contribution in [0.5, 0.6) is 0 Å². The van der Waals surface area contributed by atoms with Crippen molar-refractivity contribution in [2.24, 2.45) is 5.92 Å². The number of rotatable bonds is 4. The lowest BCUT2D eigenvalue weighted by molar-refractivity contribution is -0.133. The summed E-state index contributed by atoms with van der Waals surface area (Å²) < 4.78 is 12.8. The molecule has 5 heteroatoms. The van der Waals surface area contributed by atoms with Gasteiger partial charge in [0.15, 0.2) is 0 Å². The smallest absolute Gasteiger partial charge is 0.241 e. The number of carbonyl (C=O) groups excluding carboxylic acids is 2. The molecule has 0 radical (unpaired) electrons. The molecule has 1 aliphatic heterocycles. The van der Waals surface area contributed by atoms with Crippen LogP contribution in [0.2, 0.25) is 0 Å². The number of hydrogen-bond donors (Lipinski definition) is 1. The van der Waals surface area contributed by atoms with Crippen LogP contribution in [0.3, 0.4) is 0 Å². The molecule has 1 N–H and O–H groups in total. The van der Waals surface area contributed by atoms with Crippen molar-refractivity contribution in [3.8, 4) is 0 Å². The van der Waals surface area contributed by atoms with Gasteiger partial charge in [0.05, 0.1) is 13.0 Å². The lowest BCUT2D eigenvalue weighted by atomic mass is 9.99. The van der Waals surface area contributed by atoms with Crippen LogP contribution in [0, 0.1) is 11.7 Å². The molecule has 0 saturated carbocycles. The zero-order valence-corrected chi connectivity index (χ0v) is 12.3. The molecule has 2 rings (SSSR count). The third kappa shape index (κ3) is 4.85. The Labute approximate surface area is 124 Å². The van der Waals surface area contributed by atoms with Crippen LogP contribution in [0.15, 0.2) is 24.3 Å². The van der Waals surface area contributed by atoms with Crippen LogP contribution in [0.4, 0.5) is 4.39 Å². The van der Waals surface area contributed by atoms with E-state index in [9.17, 15) is 14.0 Å². The second-order valence-corrected chi connectivity index (χ2v) is 5.64. The molecule has 2 amide bonds. The molecule has 0 aromatic heterocycles. The van der Waals surface area contributed by atoms with Crippen molar-refractivity contribution >= 4 is 11.8 Å². The van der Waals surface area contributed by atoms with E-state index in [2.05, 4.69) is 12.2 Å². The number of hydrogen-bond acceptors (Lipinski definition) is 2. The van der Waals surface area contributed by atoms with E-state index in [0.29, 0.717) is 5.92 Å². The molecule has 4 nitrogen and oxygen atoms in total. The van der Waals surface area contributed by atoms with Gasteiger partial charge in [0.2, 0.25) is 11.8 Å². The van der Waals surface area contributed by atoms with E-state index in [-0.39, 0.29) is 30.6 Å². The monoisotopic (exact) mass is 292 g/mol. The van der Waals surface area contributed by atoms with Gasteiger partial charge in [-0.15, -0.1) is 0 Å². The largest absolute Gasteiger partial charge is 0.347 e. The Morgan fingerprint density at radius 2 is 1.86 bits per heavy atom. The van der Waals surface area contributed by atoms with Gasteiger partial charge in [-0.2, -0.15) is 0 Å². The molecule has 1 saturated heterocycles. The molecule has 0 atom stereocenters. The van der Waals surface area contributed by atoms with Crippen molar-refractivity contribution in [1.82, 2.24) is 10.2 Å². The Balaban J connectivity index is 1.73. The first-order chi connectivity index (χ1) is 10.0. The summed E-state index contributed by atoms with van der Waals surface area (Å²) in [6.07, 6.45) is 2.20. The van der Waals surface area contributed by atoms with E-state index in [0.717, 1.165) is 31.5 Å². The van der Waals surface area contributed by atoms with E-state index in [1.165, 1.54) is 12.1 Å². The lowest BCUT2D eigenvalue weighted by Gasteiger charge is -2.30. The maximum atomic E-state index is 12.8. The molecule has 1 heterocycles. The fourth-order valence-corrected chi connectivity index (χ4v) is 2.39. The Morgan fingerprint density at radius 3 is 2.48 bits per heavy atom. The number of likely N-dealkylation sites (tertiary alicyclic amines) is 1. The number of nitrogens with zero attached hydrogens (tertiary/aromatic N) is 1. The quantitative estimate of drug-likeness (QED) is 0.919. The highest BCUT2D eigenvalue weighted by molar-refractivity contribution is 5.85. The number of nitrogens with one attached hydrogen (secondary N) is 1. The standard InChI is InChI=1S/C16H21FN2O2/c1-12-6-8-19(9-7-12)16(21)11-18-15(20)10-13-2-4-14(17)5-3-13/h2-5,12H,6-11H2,1H3,(H,18,20). The highest BCUT2D eigenvalue weighted by Gasteiger charge is 2.20. The molecule has 0 unspecified atom stereocenters. The molecule has 1 aliphatic rings. The molecule has 114 valence electrons. The molecule has 0 bridgehead atoms. The summed E-state index contributed by atoms with van der Waals surface area (Å²) in [5, 5.41) is 2.63. The molecule has 0 spiro atoms. The maximum Gasteiger partial charge on any atom is 0.241 e. The van der Waals surface area contributed by atoms with Crippen LogP contribution >= 0.6 is 0 Å². The van der Waals surface area contributed by atoms with Crippen molar-refractivity contribution in [2.75, 3.05) is 19.6 Å². The normalized spacial score (nSPS) is 15.8. The summed E-state index contributed by atoms with van der Waals surface area (Å²) in [6.45, 7) is 3.77. The van der Waals surface area contributed by atoms with Crippen molar-refractivity contribution < 1.29 is 14.0 Å². The van der Waals surface area contributed by atoms with Gasteiger partial charge in [0.25, 0.3) is 0 Å². The number of halogens is 1. The van der Waals surface area contributed by atoms with Gasteiger partial charge in [-0.3, -0.25) is 9.59 Å². The topological polar surface area (TPSA) is 49.4 Å². The molecule has 21 heavy (non-hydrogen) atoms. The molecular weight excluding hydrogens is 271 g/mol. The number of carbonyl (C=O) groups is 2. The van der Waals surface area contributed by atoms with E-state index >= 15 is 0 Å². The van der Waals surface area contributed by atoms with Gasteiger partial charge in [-0.25, -0.2) is 4.39 Å². The fraction of sp³-hybridized carbons (Fsp3) is 0.500. The minimum Gasteiger partial charge on any atom is -0.347 e. The SMILES string of the molecule is CC1CCN(C(=O)CNC(=O)Cc2ccc(F)cc2)CC1. The van der Waals surface area contributed by atoms with Gasteiger partial charge in [-0.05, 0) is 36.5 Å². The van der Waals surface area contributed by atoms with Gasteiger partial charge in [-0.1, -0.05) is 19.1 Å². The van der Waals surface area contributed by atoms with Crippen LogP contribution < -0.4 is 5.32 Å². The summed E-state index contributed by atoms with van der Waals surface area (Å²) in [6, 6.07) is 5.79. The Bertz CT molecular complexity index is 494. The van der Waals surface area contributed by atoms with Crippen LogP contribution in [-0.4, -0.2) is 36.3 Å². The average molecular weight is 292 g/mol. The van der Waals surface area contributed by atoms with Gasteiger partial charge < -0.3 is 10.2 Å². The Hall–Kier alpha value is -1.91. The summed E-state index contributed by atoms with van der Waals surface area (Å²) >= 11 is 0. The number of piperidine rings is 1. The summed E-state index contributed by atoms with van der Waals surface area (Å²) in [7, 11) is 0. The molecule has 1 aromatic carbocycles. The van der Waals surface area contributed by atoms with Gasteiger partial charge in [0.1, 0.15) is 5.82 Å². The summed E-state index contributed by atoms with van der Waals surface area (Å²) in [5.41, 5.74) is 0.730. The van der Waals surface area contributed by atoms with Crippen molar-refractivity contribution in [3.63, 3.8) is 0 Å². The Morgan fingerprint density at radius 1 is 1.24 bits per heavy atom. The third-order valence-corrected chi connectivity index (χ3v) is 3.85. The minimum absolute atomic E-state index is 0.0330. The van der Waals surface area contributed by atoms with Crippen molar-refractivity contribution in [1.29, 1.82) is 0 Å². The maximum absolute atomic E-state index is 12.8. The zero-order chi connectivity index (χ0) is 15.2. The highest BCUT2D eigenvalue weighted by Crippen LogP contribution is 2.15. The third-order valence-electron chi connectivity index (χ3n) is 3.85. The lowest BCUT2D eigenvalue weighted by Crippen LogP contribution is -2.44. The predicted octanol–water partition coefficient (Wildman–Crippen LogP) is 1.74. The van der Waals surface area contributed by atoms with Crippen LogP contribution in [0.1, 0.15) is 25.3 Å².